The van der Waals surface area contributed by atoms with E-state index in [2.05, 4.69) is 5.32 Å². The second-order valence-electron chi connectivity index (χ2n) is 8.93. The molecular formula is C25H31ClF3N3O4S. The lowest BCUT2D eigenvalue weighted by Gasteiger charge is -2.32. The zero-order valence-corrected chi connectivity index (χ0v) is 22.8. The number of hydrogen-bond donors (Lipinski definition) is 1. The average Bonchev–Trinajstić information content (AvgIpc) is 2.80. The van der Waals surface area contributed by atoms with Crippen molar-refractivity contribution in [3.05, 3.63) is 64.2 Å². The van der Waals surface area contributed by atoms with Gasteiger partial charge in [0.15, 0.2) is 0 Å². The number of aryl methyl sites for hydroxylation is 1. The van der Waals surface area contributed by atoms with Gasteiger partial charge in [-0.15, -0.1) is 0 Å². The molecule has 12 heteroatoms. The zero-order valence-electron chi connectivity index (χ0n) is 21.3. The Morgan fingerprint density at radius 2 is 1.68 bits per heavy atom. The van der Waals surface area contributed by atoms with Gasteiger partial charge in [-0.2, -0.15) is 13.2 Å². The molecule has 2 atom stereocenters. The summed E-state index contributed by atoms with van der Waals surface area (Å²) in [4.78, 5) is 27.6. The quantitative estimate of drug-likeness (QED) is 0.453. The molecule has 0 spiro atoms. The van der Waals surface area contributed by atoms with Crippen LogP contribution < -0.4 is 9.62 Å². The lowest BCUT2D eigenvalue weighted by molar-refractivity contribution is -0.139. The molecule has 0 saturated heterocycles. The van der Waals surface area contributed by atoms with Crippen molar-refractivity contribution >= 4 is 39.1 Å². The van der Waals surface area contributed by atoms with Crippen LogP contribution in [0.4, 0.5) is 18.9 Å². The average molecular weight is 562 g/mol. The Bertz CT molecular complexity index is 1220. The summed E-state index contributed by atoms with van der Waals surface area (Å²) in [6.07, 6.45) is -3.34. The first-order valence-corrected chi connectivity index (χ1v) is 13.8. The van der Waals surface area contributed by atoms with E-state index in [0.717, 1.165) is 24.0 Å². The Labute approximate surface area is 220 Å². The van der Waals surface area contributed by atoms with Gasteiger partial charge < -0.3 is 10.2 Å². The maximum atomic E-state index is 13.5. The van der Waals surface area contributed by atoms with Crippen molar-refractivity contribution in [1.29, 1.82) is 0 Å². The fraction of sp³-hybridized carbons (Fsp3) is 0.440. The highest BCUT2D eigenvalue weighted by atomic mass is 35.5. The second-order valence-corrected chi connectivity index (χ2v) is 11.2. The van der Waals surface area contributed by atoms with Crippen LogP contribution in [0.25, 0.3) is 0 Å². The monoisotopic (exact) mass is 561 g/mol. The molecule has 7 nitrogen and oxygen atoms in total. The molecule has 0 saturated carbocycles. The SMILES string of the molecule is CC[C@@H](C)NC(=O)[C@@H](C)N(Cc1ccc(C)cc1)C(=O)CN(c1cc(C(F)(F)F)ccc1Cl)S(C)(=O)=O. The van der Waals surface area contributed by atoms with E-state index in [1.807, 2.05) is 26.0 Å². The lowest BCUT2D eigenvalue weighted by Crippen LogP contribution is -2.52. The van der Waals surface area contributed by atoms with Gasteiger partial charge >= 0.3 is 6.18 Å². The molecule has 0 aromatic heterocycles. The summed E-state index contributed by atoms with van der Waals surface area (Å²) in [5, 5.41) is 2.52. The van der Waals surface area contributed by atoms with Crippen molar-refractivity contribution in [2.45, 2.75) is 58.9 Å². The molecule has 204 valence electrons. The number of nitrogens with one attached hydrogen (secondary N) is 1. The number of amides is 2. The third-order valence-electron chi connectivity index (χ3n) is 5.86. The number of carbonyl (C=O) groups is 2. The van der Waals surface area contributed by atoms with Crippen LogP contribution in [-0.4, -0.2) is 50.0 Å². The Hall–Kier alpha value is -2.79. The van der Waals surface area contributed by atoms with Gasteiger partial charge in [0.25, 0.3) is 0 Å². The first-order valence-electron chi connectivity index (χ1n) is 11.5. The molecule has 0 unspecified atom stereocenters. The Balaban J connectivity index is 2.49. The maximum Gasteiger partial charge on any atom is 0.416 e. The van der Waals surface area contributed by atoms with E-state index in [-0.39, 0.29) is 17.6 Å². The van der Waals surface area contributed by atoms with Crippen LogP contribution in [0.5, 0.6) is 0 Å². The number of nitrogens with zero attached hydrogens (tertiary/aromatic N) is 2. The summed E-state index contributed by atoms with van der Waals surface area (Å²) in [6.45, 7) is 6.20. The van der Waals surface area contributed by atoms with Gasteiger partial charge in [0.1, 0.15) is 12.6 Å². The van der Waals surface area contributed by atoms with Crippen LogP contribution in [-0.2, 0) is 32.3 Å². The molecule has 0 aliphatic carbocycles. The number of hydrogen-bond acceptors (Lipinski definition) is 4. The van der Waals surface area contributed by atoms with E-state index in [9.17, 15) is 31.2 Å². The maximum absolute atomic E-state index is 13.5. The minimum absolute atomic E-state index is 0.0257. The first-order chi connectivity index (χ1) is 17.0. The summed E-state index contributed by atoms with van der Waals surface area (Å²) in [7, 11) is -4.25. The number of alkyl halides is 3. The van der Waals surface area contributed by atoms with Gasteiger partial charge in [-0.1, -0.05) is 48.4 Å². The minimum Gasteiger partial charge on any atom is -0.352 e. The topological polar surface area (TPSA) is 86.8 Å². The second kappa shape index (κ2) is 12.2. The highest BCUT2D eigenvalue weighted by molar-refractivity contribution is 7.92. The molecule has 0 bridgehead atoms. The predicted octanol–water partition coefficient (Wildman–Crippen LogP) is 4.77. The van der Waals surface area contributed by atoms with Crippen LogP contribution >= 0.6 is 11.6 Å². The molecule has 0 fully saturated rings. The van der Waals surface area contributed by atoms with Gasteiger partial charge in [-0.05, 0) is 51.0 Å². The molecule has 2 amide bonds. The van der Waals surface area contributed by atoms with Crippen LogP contribution in [0.3, 0.4) is 0 Å². The largest absolute Gasteiger partial charge is 0.416 e. The fourth-order valence-electron chi connectivity index (χ4n) is 3.41. The van der Waals surface area contributed by atoms with Crippen LogP contribution in [0.15, 0.2) is 42.5 Å². The lowest BCUT2D eigenvalue weighted by atomic mass is 10.1. The smallest absolute Gasteiger partial charge is 0.352 e. The van der Waals surface area contributed by atoms with Gasteiger partial charge in [-0.25, -0.2) is 8.42 Å². The Kier molecular flexibility index (Phi) is 10.0. The van der Waals surface area contributed by atoms with E-state index >= 15 is 0 Å². The van der Waals surface area contributed by atoms with Crippen molar-refractivity contribution in [2.75, 3.05) is 17.1 Å². The van der Waals surface area contributed by atoms with Crippen molar-refractivity contribution in [2.24, 2.45) is 0 Å². The van der Waals surface area contributed by atoms with E-state index in [1.54, 1.807) is 19.1 Å². The molecule has 2 aromatic rings. The number of sulfonamides is 1. The van der Waals surface area contributed by atoms with Crippen molar-refractivity contribution in [1.82, 2.24) is 10.2 Å². The molecule has 2 rings (SSSR count). The number of anilines is 1. The summed E-state index contributed by atoms with van der Waals surface area (Å²) in [6, 6.07) is 8.26. The van der Waals surface area contributed by atoms with Crippen LogP contribution in [0.2, 0.25) is 5.02 Å². The molecule has 0 heterocycles. The third kappa shape index (κ3) is 8.36. The van der Waals surface area contributed by atoms with Crippen LogP contribution in [0, 0.1) is 6.92 Å². The molecule has 0 radical (unpaired) electrons. The Morgan fingerprint density at radius 3 is 2.19 bits per heavy atom. The van der Waals surface area contributed by atoms with Gasteiger partial charge in [0.05, 0.1) is 22.5 Å². The zero-order chi connectivity index (χ0) is 28.1. The molecule has 0 aliphatic rings. The predicted molar refractivity (Wildman–Crippen MR) is 138 cm³/mol. The minimum atomic E-state index is -4.76. The number of rotatable bonds is 10. The first kappa shape index (κ1) is 30.4. The van der Waals surface area contributed by atoms with Crippen molar-refractivity contribution in [3.63, 3.8) is 0 Å². The molecule has 37 heavy (non-hydrogen) atoms. The molecular weight excluding hydrogens is 531 g/mol. The number of carbonyl (C=O) groups excluding carboxylic acids is 2. The standard InChI is InChI=1S/C25H31ClF3N3O4S/c1-6-17(3)30-24(34)18(4)31(14-19-9-7-16(2)8-10-19)23(33)15-32(37(5,35)36)22-13-20(25(27,28)29)11-12-21(22)26/h7-13,17-18H,6,14-15H2,1-5H3,(H,30,34)/t17-,18-/m1/s1. The van der Waals surface area contributed by atoms with E-state index in [1.165, 1.54) is 11.8 Å². The summed E-state index contributed by atoms with van der Waals surface area (Å²) < 4.78 is 65.7. The van der Waals surface area contributed by atoms with Gasteiger partial charge in [0, 0.05) is 12.6 Å². The highest BCUT2D eigenvalue weighted by Gasteiger charge is 2.34. The Morgan fingerprint density at radius 1 is 1.08 bits per heavy atom. The highest BCUT2D eigenvalue weighted by Crippen LogP contribution is 2.36. The van der Waals surface area contributed by atoms with E-state index < -0.39 is 51.9 Å². The molecule has 1 N–H and O–H groups in total. The number of benzene rings is 2. The normalized spacial score (nSPS) is 13.5. The summed E-state index contributed by atoms with van der Waals surface area (Å²) in [5.41, 5.74) is 0.0573. The number of halogens is 4. The molecule has 2 aromatic carbocycles. The summed E-state index contributed by atoms with van der Waals surface area (Å²) >= 11 is 6.08. The van der Waals surface area contributed by atoms with E-state index in [4.69, 9.17) is 11.6 Å². The molecule has 0 aliphatic heterocycles. The van der Waals surface area contributed by atoms with Gasteiger partial charge in [0.2, 0.25) is 21.8 Å². The van der Waals surface area contributed by atoms with Crippen molar-refractivity contribution < 1.29 is 31.2 Å². The van der Waals surface area contributed by atoms with Gasteiger partial charge in [-0.3, -0.25) is 13.9 Å². The van der Waals surface area contributed by atoms with Crippen molar-refractivity contribution in [3.8, 4) is 0 Å². The third-order valence-corrected chi connectivity index (χ3v) is 7.31. The summed E-state index contributed by atoms with van der Waals surface area (Å²) in [5.74, 6) is -1.23. The fourth-order valence-corrected chi connectivity index (χ4v) is 4.54. The van der Waals surface area contributed by atoms with Crippen LogP contribution in [0.1, 0.15) is 43.9 Å². The van der Waals surface area contributed by atoms with E-state index in [0.29, 0.717) is 22.4 Å².